The molecule has 16 heavy (non-hydrogen) atoms. The zero-order chi connectivity index (χ0) is 12.7. The van der Waals surface area contributed by atoms with Crippen LogP contribution in [0.5, 0.6) is 0 Å². The largest absolute Gasteiger partial charge is 0.333 e. The maximum Gasteiger partial charge on any atom is 0.333 e. The Morgan fingerprint density at radius 2 is 1.00 bits per heavy atom. The topological polar surface area (TPSA) is 139 Å². The Hall–Kier alpha value is -0.260. The average Bonchev–Trinajstić information content (AvgIpc) is 2.06. The Balaban J connectivity index is 3.29. The van der Waals surface area contributed by atoms with Crippen molar-refractivity contribution in [2.24, 2.45) is 10.3 Å². The molecule has 0 fully saturated rings. The molecule has 0 heterocycles. The van der Waals surface area contributed by atoms with Crippen molar-refractivity contribution in [1.82, 2.24) is 0 Å². The van der Waals surface area contributed by atoms with Crippen LogP contribution in [0.2, 0.25) is 0 Å². The molecule has 0 amide bonds. The van der Waals surface area contributed by atoms with Gasteiger partial charge >= 0.3 is 20.6 Å². The lowest BCUT2D eigenvalue weighted by Gasteiger charge is -2.02. The Kier molecular flexibility index (Phi) is 7.03. The molecule has 8 nitrogen and oxygen atoms in total. The van der Waals surface area contributed by atoms with Crippen molar-refractivity contribution in [2.75, 3.05) is 13.2 Å². The average molecular weight is 276 g/mol. The van der Waals surface area contributed by atoms with Crippen molar-refractivity contribution in [3.63, 3.8) is 0 Å². The second kappa shape index (κ2) is 7.14. The van der Waals surface area contributed by atoms with Crippen molar-refractivity contribution in [3.8, 4) is 0 Å². The van der Waals surface area contributed by atoms with Crippen LogP contribution in [-0.2, 0) is 29.0 Å². The predicted molar refractivity (Wildman–Crippen MR) is 56.6 cm³/mol. The first kappa shape index (κ1) is 15.7. The summed E-state index contributed by atoms with van der Waals surface area (Å²) in [5, 5.41) is 9.19. The van der Waals surface area contributed by atoms with Crippen molar-refractivity contribution < 1.29 is 25.2 Å². The van der Waals surface area contributed by atoms with Gasteiger partial charge in [0, 0.05) is 0 Å². The number of hydrogen-bond donors (Lipinski definition) is 2. The molecule has 0 aromatic heterocycles. The molecule has 10 heteroatoms. The normalized spacial score (nSPS) is 12.9. The van der Waals surface area contributed by atoms with Gasteiger partial charge in [-0.15, -0.1) is 0 Å². The molecule has 4 N–H and O–H groups in total. The number of hydrogen-bond acceptors (Lipinski definition) is 6. The molecule has 0 rings (SSSR count). The fourth-order valence-electron chi connectivity index (χ4n) is 0.908. The summed E-state index contributed by atoms with van der Waals surface area (Å²) in [4.78, 5) is 0. The van der Waals surface area contributed by atoms with E-state index in [0.29, 0.717) is 25.7 Å². The van der Waals surface area contributed by atoms with E-state index in [0.717, 1.165) is 0 Å². The van der Waals surface area contributed by atoms with E-state index in [1.54, 1.807) is 0 Å². The fraction of sp³-hybridized carbons (Fsp3) is 1.00. The lowest BCUT2D eigenvalue weighted by Crippen LogP contribution is -2.17. The highest BCUT2D eigenvalue weighted by atomic mass is 32.2. The molecule has 0 aliphatic rings. The monoisotopic (exact) mass is 276 g/mol. The van der Waals surface area contributed by atoms with Crippen LogP contribution in [0.4, 0.5) is 0 Å². The van der Waals surface area contributed by atoms with E-state index >= 15 is 0 Å². The second-order valence-corrected chi connectivity index (χ2v) is 5.49. The van der Waals surface area contributed by atoms with Crippen LogP contribution in [0, 0.1) is 0 Å². The summed E-state index contributed by atoms with van der Waals surface area (Å²) < 4.78 is 49.9. The Morgan fingerprint density at radius 3 is 1.25 bits per heavy atom. The third-order valence-corrected chi connectivity index (χ3v) is 2.52. The molecule has 0 saturated carbocycles. The molecule has 0 radical (unpaired) electrons. The van der Waals surface area contributed by atoms with Gasteiger partial charge in [0.15, 0.2) is 0 Å². The van der Waals surface area contributed by atoms with E-state index in [1.165, 1.54) is 0 Å². The van der Waals surface area contributed by atoms with E-state index in [-0.39, 0.29) is 13.2 Å². The van der Waals surface area contributed by atoms with E-state index in [1.807, 2.05) is 0 Å². The lowest BCUT2D eigenvalue weighted by molar-refractivity contribution is 0.290. The van der Waals surface area contributed by atoms with E-state index in [4.69, 9.17) is 0 Å². The van der Waals surface area contributed by atoms with Crippen LogP contribution >= 0.6 is 0 Å². The summed E-state index contributed by atoms with van der Waals surface area (Å²) in [6.07, 6.45) is 2.41. The molecular weight excluding hydrogens is 260 g/mol. The maximum absolute atomic E-state index is 10.3. The molecule has 0 aromatic rings. The number of nitrogens with two attached hydrogens (primary N) is 2. The van der Waals surface area contributed by atoms with Gasteiger partial charge in [-0.05, 0) is 12.8 Å². The van der Waals surface area contributed by atoms with Gasteiger partial charge < -0.3 is 0 Å². The quantitative estimate of drug-likeness (QED) is 0.517. The third-order valence-electron chi connectivity index (χ3n) is 1.53. The summed E-state index contributed by atoms with van der Waals surface area (Å²) in [5.41, 5.74) is 0. The minimum atomic E-state index is -3.86. The lowest BCUT2D eigenvalue weighted by atomic mass is 10.2. The van der Waals surface area contributed by atoms with Gasteiger partial charge in [0.05, 0.1) is 13.2 Å². The molecule has 0 saturated heterocycles. The molecule has 0 spiro atoms. The molecular formula is C6H16N2O6S2. The number of unbranched alkanes of at least 4 members (excludes halogenated alkanes) is 3. The maximum atomic E-state index is 10.3. The van der Waals surface area contributed by atoms with Gasteiger partial charge in [-0.2, -0.15) is 16.8 Å². The SMILES string of the molecule is NS(=O)(=O)OCCCCCCOS(N)(=O)=O. The number of rotatable bonds is 9. The molecule has 0 aliphatic heterocycles. The first-order valence-electron chi connectivity index (χ1n) is 4.55. The van der Waals surface area contributed by atoms with Crippen LogP contribution in [-0.4, -0.2) is 30.0 Å². The smallest absolute Gasteiger partial charge is 0.258 e. The van der Waals surface area contributed by atoms with E-state index in [2.05, 4.69) is 18.6 Å². The van der Waals surface area contributed by atoms with Gasteiger partial charge in [-0.1, -0.05) is 12.8 Å². The zero-order valence-electron chi connectivity index (χ0n) is 8.66. The van der Waals surface area contributed by atoms with Gasteiger partial charge in [0.2, 0.25) is 0 Å². The first-order chi connectivity index (χ1) is 7.21. The van der Waals surface area contributed by atoms with Crippen LogP contribution < -0.4 is 10.3 Å². The van der Waals surface area contributed by atoms with Crippen molar-refractivity contribution >= 4 is 20.6 Å². The summed E-state index contributed by atoms with van der Waals surface area (Å²) in [5.74, 6) is 0. The molecule has 0 aliphatic carbocycles. The molecule has 0 bridgehead atoms. The van der Waals surface area contributed by atoms with E-state index < -0.39 is 20.6 Å². The van der Waals surface area contributed by atoms with E-state index in [9.17, 15) is 16.8 Å². The van der Waals surface area contributed by atoms with Crippen molar-refractivity contribution in [1.29, 1.82) is 0 Å². The minimum Gasteiger partial charge on any atom is -0.258 e. The summed E-state index contributed by atoms with van der Waals surface area (Å²) in [7, 11) is -7.72. The highest BCUT2D eigenvalue weighted by molar-refractivity contribution is 7.84. The van der Waals surface area contributed by atoms with Crippen molar-refractivity contribution in [3.05, 3.63) is 0 Å². The Morgan fingerprint density at radius 1 is 0.688 bits per heavy atom. The predicted octanol–water partition coefficient (Wildman–Crippen LogP) is -1.01. The second-order valence-electron chi connectivity index (χ2n) is 3.04. The summed E-state index contributed by atoms with van der Waals surface area (Å²) in [6.45, 7) is 0.0454. The van der Waals surface area contributed by atoms with Crippen LogP contribution in [0.3, 0.4) is 0 Å². The Labute approximate surface area is 95.4 Å². The van der Waals surface area contributed by atoms with Gasteiger partial charge in [-0.3, -0.25) is 8.37 Å². The zero-order valence-corrected chi connectivity index (χ0v) is 10.3. The summed E-state index contributed by atoms with van der Waals surface area (Å²) in [6, 6.07) is 0. The van der Waals surface area contributed by atoms with Gasteiger partial charge in [-0.25, -0.2) is 10.3 Å². The standard InChI is InChI=1S/C6H16N2O6S2/c7-15(9,10)13-5-3-1-2-4-6-14-16(8,11)12/h1-6H2,(H2,7,9,10)(H2,8,11,12). The molecule has 0 atom stereocenters. The third kappa shape index (κ3) is 13.7. The molecule has 0 aromatic carbocycles. The van der Waals surface area contributed by atoms with Crippen LogP contribution in [0.15, 0.2) is 0 Å². The first-order valence-corrected chi connectivity index (χ1v) is 7.49. The van der Waals surface area contributed by atoms with Gasteiger partial charge in [0.1, 0.15) is 0 Å². The van der Waals surface area contributed by atoms with Gasteiger partial charge in [0.25, 0.3) is 0 Å². The van der Waals surface area contributed by atoms with Crippen molar-refractivity contribution in [2.45, 2.75) is 25.7 Å². The highest BCUT2D eigenvalue weighted by Crippen LogP contribution is 2.01. The fourth-order valence-corrected chi connectivity index (χ4v) is 1.61. The molecule has 98 valence electrons. The Bertz CT molecular complexity index is 338. The summed E-state index contributed by atoms with van der Waals surface area (Å²) >= 11 is 0. The molecule has 0 unspecified atom stereocenters. The van der Waals surface area contributed by atoms with Crippen LogP contribution in [0.25, 0.3) is 0 Å². The minimum absolute atomic E-state index is 0.0227. The highest BCUT2D eigenvalue weighted by Gasteiger charge is 2.02. The van der Waals surface area contributed by atoms with Crippen LogP contribution in [0.1, 0.15) is 25.7 Å².